The summed E-state index contributed by atoms with van der Waals surface area (Å²) in [5.74, 6) is 0.659. The molecule has 0 bridgehead atoms. The number of hydrogen-bond acceptors (Lipinski definition) is 2. The van der Waals surface area contributed by atoms with Crippen molar-refractivity contribution in [3.8, 4) is 0 Å². The topological polar surface area (TPSA) is 65.5 Å². The van der Waals surface area contributed by atoms with Crippen LogP contribution < -0.4 is 16.0 Å². The molecule has 134 valence electrons. The lowest BCUT2D eigenvalue weighted by Crippen LogP contribution is -2.44. The van der Waals surface area contributed by atoms with Gasteiger partial charge in [0.2, 0.25) is 5.91 Å². The normalized spacial score (nSPS) is 13.4. The van der Waals surface area contributed by atoms with Gasteiger partial charge >= 0.3 is 0 Å². The third-order valence-corrected chi connectivity index (χ3v) is 3.95. The zero-order valence-corrected chi connectivity index (χ0v) is 16.3. The highest BCUT2D eigenvalue weighted by Crippen LogP contribution is 2.25. The van der Waals surface area contributed by atoms with E-state index in [0.29, 0.717) is 29.1 Å². The summed E-state index contributed by atoms with van der Waals surface area (Å²) in [6.07, 6.45) is 0. The highest BCUT2D eigenvalue weighted by atomic mass is 35.5. The van der Waals surface area contributed by atoms with E-state index in [2.05, 4.69) is 20.9 Å². The maximum atomic E-state index is 11.8. The van der Waals surface area contributed by atoms with Gasteiger partial charge in [0.05, 0.1) is 6.04 Å². The van der Waals surface area contributed by atoms with Crippen molar-refractivity contribution in [3.63, 3.8) is 0 Å². The summed E-state index contributed by atoms with van der Waals surface area (Å²) < 4.78 is 0. The number of rotatable bonds is 5. The maximum absolute atomic E-state index is 11.8. The first-order valence-electron chi connectivity index (χ1n) is 7.85. The van der Waals surface area contributed by atoms with Gasteiger partial charge in [-0.3, -0.25) is 9.79 Å². The number of amides is 1. The molecule has 7 heteroatoms. The van der Waals surface area contributed by atoms with Gasteiger partial charge in [-0.05, 0) is 24.6 Å². The van der Waals surface area contributed by atoms with Gasteiger partial charge in [-0.2, -0.15) is 0 Å². The number of hydrogen-bond donors (Lipinski definition) is 3. The van der Waals surface area contributed by atoms with Crippen molar-refractivity contribution in [1.29, 1.82) is 0 Å². The average Bonchev–Trinajstić information content (AvgIpc) is 2.48. The van der Waals surface area contributed by atoms with E-state index >= 15 is 0 Å². The number of halogens is 2. The molecule has 1 atom stereocenters. The molecule has 24 heavy (non-hydrogen) atoms. The summed E-state index contributed by atoms with van der Waals surface area (Å²) in [5.41, 5.74) is 0.546. The smallest absolute Gasteiger partial charge is 0.225 e. The zero-order chi connectivity index (χ0) is 18.3. The van der Waals surface area contributed by atoms with E-state index in [-0.39, 0.29) is 17.4 Å². The van der Waals surface area contributed by atoms with Gasteiger partial charge in [0.25, 0.3) is 0 Å². The third-order valence-electron chi connectivity index (χ3n) is 3.39. The minimum atomic E-state index is -0.389. The Kier molecular flexibility index (Phi) is 7.84. The number of nitrogens with one attached hydrogen (secondary N) is 3. The van der Waals surface area contributed by atoms with Crippen LogP contribution in [-0.4, -0.2) is 32.0 Å². The van der Waals surface area contributed by atoms with Gasteiger partial charge < -0.3 is 16.0 Å². The fourth-order valence-corrected chi connectivity index (χ4v) is 2.52. The Morgan fingerprint density at radius 2 is 1.83 bits per heavy atom. The molecule has 0 saturated heterocycles. The summed E-state index contributed by atoms with van der Waals surface area (Å²) >= 11 is 12.1. The summed E-state index contributed by atoms with van der Waals surface area (Å²) in [5, 5.41) is 10.5. The molecular formula is C17H26Cl2N4O. The van der Waals surface area contributed by atoms with Crippen LogP contribution in [0.4, 0.5) is 0 Å². The van der Waals surface area contributed by atoms with Crippen LogP contribution in [0.5, 0.6) is 0 Å². The molecule has 0 radical (unpaired) electrons. The van der Waals surface area contributed by atoms with E-state index in [1.165, 1.54) is 0 Å². The first-order valence-corrected chi connectivity index (χ1v) is 8.61. The van der Waals surface area contributed by atoms with E-state index in [1.54, 1.807) is 19.2 Å². The number of aliphatic imine (C=N–C) groups is 1. The first-order chi connectivity index (χ1) is 11.1. The van der Waals surface area contributed by atoms with Crippen LogP contribution in [0.15, 0.2) is 23.2 Å². The Morgan fingerprint density at radius 1 is 1.21 bits per heavy atom. The third kappa shape index (κ3) is 6.57. The van der Waals surface area contributed by atoms with Crippen molar-refractivity contribution in [1.82, 2.24) is 16.0 Å². The zero-order valence-electron chi connectivity index (χ0n) is 14.8. The van der Waals surface area contributed by atoms with Crippen molar-refractivity contribution in [2.45, 2.75) is 33.7 Å². The Balaban J connectivity index is 2.49. The second-order valence-corrected chi connectivity index (χ2v) is 7.38. The maximum Gasteiger partial charge on any atom is 0.225 e. The molecule has 0 aliphatic heterocycles. The Bertz CT molecular complexity index is 597. The number of benzene rings is 1. The van der Waals surface area contributed by atoms with Crippen molar-refractivity contribution in [2.24, 2.45) is 10.4 Å². The Hall–Kier alpha value is -1.46. The SMILES string of the molecule is CN=C(NCCNC(=O)C(C)(C)C)NC(C)c1ccc(Cl)cc1Cl. The van der Waals surface area contributed by atoms with Crippen molar-refractivity contribution in [2.75, 3.05) is 20.1 Å². The minimum absolute atomic E-state index is 0.0218. The molecule has 0 aliphatic carbocycles. The van der Waals surface area contributed by atoms with Crippen LogP contribution in [0, 0.1) is 5.41 Å². The Labute approximate surface area is 154 Å². The van der Waals surface area contributed by atoms with Gasteiger partial charge in [-0.25, -0.2) is 0 Å². The van der Waals surface area contributed by atoms with Crippen LogP contribution in [0.2, 0.25) is 10.0 Å². The minimum Gasteiger partial charge on any atom is -0.355 e. The summed E-state index contributed by atoms with van der Waals surface area (Å²) in [4.78, 5) is 16.0. The number of nitrogens with zero attached hydrogens (tertiary/aromatic N) is 1. The fraction of sp³-hybridized carbons (Fsp3) is 0.529. The highest BCUT2D eigenvalue weighted by molar-refractivity contribution is 6.35. The van der Waals surface area contributed by atoms with E-state index < -0.39 is 0 Å². The molecule has 1 rings (SSSR count). The van der Waals surface area contributed by atoms with Crippen LogP contribution in [0.25, 0.3) is 0 Å². The Morgan fingerprint density at radius 3 is 2.38 bits per heavy atom. The summed E-state index contributed by atoms with van der Waals surface area (Å²) in [6.45, 7) is 8.73. The lowest BCUT2D eigenvalue weighted by molar-refractivity contribution is -0.128. The van der Waals surface area contributed by atoms with Crippen LogP contribution in [0.3, 0.4) is 0 Å². The lowest BCUT2D eigenvalue weighted by atomic mass is 9.96. The first kappa shape index (κ1) is 20.6. The van der Waals surface area contributed by atoms with Gasteiger partial charge in [0.1, 0.15) is 0 Å². The molecule has 1 aromatic rings. The molecule has 0 aromatic heterocycles. The molecule has 3 N–H and O–H groups in total. The predicted octanol–water partition coefficient (Wildman–Crippen LogP) is 3.38. The average molecular weight is 373 g/mol. The van der Waals surface area contributed by atoms with Gasteiger partial charge in [-0.1, -0.05) is 50.0 Å². The lowest BCUT2D eigenvalue weighted by Gasteiger charge is -2.20. The van der Waals surface area contributed by atoms with Gasteiger partial charge in [0, 0.05) is 35.6 Å². The molecule has 1 amide bonds. The second-order valence-electron chi connectivity index (χ2n) is 6.54. The molecule has 1 unspecified atom stereocenters. The van der Waals surface area contributed by atoms with Crippen molar-refractivity contribution >= 4 is 35.1 Å². The molecule has 0 heterocycles. The largest absolute Gasteiger partial charge is 0.355 e. The van der Waals surface area contributed by atoms with Crippen LogP contribution in [0.1, 0.15) is 39.3 Å². The van der Waals surface area contributed by atoms with E-state index in [9.17, 15) is 4.79 Å². The van der Waals surface area contributed by atoms with Crippen molar-refractivity contribution < 1.29 is 4.79 Å². The van der Waals surface area contributed by atoms with Crippen LogP contribution >= 0.6 is 23.2 Å². The molecule has 5 nitrogen and oxygen atoms in total. The highest BCUT2D eigenvalue weighted by Gasteiger charge is 2.20. The standard InChI is InChI=1S/C17H26Cl2N4O/c1-11(13-7-6-12(18)10-14(13)19)23-16(20-5)22-9-8-21-15(24)17(2,3)4/h6-7,10-11H,8-9H2,1-5H3,(H,21,24)(H2,20,22,23). The predicted molar refractivity (Wildman–Crippen MR) is 102 cm³/mol. The molecule has 0 saturated carbocycles. The van der Waals surface area contributed by atoms with E-state index in [4.69, 9.17) is 23.2 Å². The fourth-order valence-electron chi connectivity index (χ4n) is 1.95. The molecule has 0 fully saturated rings. The number of guanidine groups is 1. The van der Waals surface area contributed by atoms with E-state index in [1.807, 2.05) is 33.8 Å². The second kappa shape index (κ2) is 9.14. The summed E-state index contributed by atoms with van der Waals surface area (Å²) in [7, 11) is 1.69. The van der Waals surface area contributed by atoms with E-state index in [0.717, 1.165) is 5.56 Å². The summed E-state index contributed by atoms with van der Waals surface area (Å²) in [6, 6.07) is 5.37. The van der Waals surface area contributed by atoms with Crippen molar-refractivity contribution in [3.05, 3.63) is 33.8 Å². The number of carbonyl (C=O) groups excluding carboxylic acids is 1. The number of carbonyl (C=O) groups is 1. The quantitative estimate of drug-likeness (QED) is 0.421. The molecule has 1 aromatic carbocycles. The van der Waals surface area contributed by atoms with Gasteiger partial charge in [-0.15, -0.1) is 0 Å². The molecule has 0 spiro atoms. The van der Waals surface area contributed by atoms with Gasteiger partial charge in [0.15, 0.2) is 5.96 Å². The molecule has 0 aliphatic rings. The molecular weight excluding hydrogens is 347 g/mol. The van der Waals surface area contributed by atoms with Crippen LogP contribution in [-0.2, 0) is 4.79 Å². The monoisotopic (exact) mass is 372 g/mol.